The molecule has 1 atom stereocenters. The Hall–Kier alpha value is -2.73. The van der Waals surface area contributed by atoms with Gasteiger partial charge in [-0.15, -0.1) is 0 Å². The molecule has 0 bridgehead atoms. The van der Waals surface area contributed by atoms with Gasteiger partial charge in [-0.2, -0.15) is 0 Å². The van der Waals surface area contributed by atoms with Crippen LogP contribution >= 0.6 is 0 Å². The second-order valence-electron chi connectivity index (χ2n) is 5.62. The predicted molar refractivity (Wildman–Crippen MR) is 91.0 cm³/mol. The van der Waals surface area contributed by atoms with Gasteiger partial charge in [-0.05, 0) is 42.7 Å². The Bertz CT molecular complexity index is 756. The Morgan fingerprint density at radius 1 is 1.05 bits per heavy atom. The highest BCUT2D eigenvalue weighted by molar-refractivity contribution is 5.70. The van der Waals surface area contributed by atoms with Gasteiger partial charge in [0, 0.05) is 11.9 Å². The Kier molecular flexibility index (Phi) is 3.60. The van der Waals surface area contributed by atoms with Crippen molar-refractivity contribution >= 4 is 5.69 Å². The smallest absolute Gasteiger partial charge is 0.243 e. The van der Waals surface area contributed by atoms with Crippen LogP contribution in [0.25, 0.3) is 16.0 Å². The topological polar surface area (TPSA) is 10.8 Å². The minimum atomic E-state index is 0.158. The molecule has 0 saturated carbocycles. The molecule has 3 nitrogen and oxygen atoms in total. The summed E-state index contributed by atoms with van der Waals surface area (Å²) in [5, 5.41) is 0. The van der Waals surface area contributed by atoms with Crippen molar-refractivity contribution < 1.29 is 0 Å². The zero-order chi connectivity index (χ0) is 15.7. The maximum Gasteiger partial charge on any atom is 0.243 e. The van der Waals surface area contributed by atoms with E-state index in [2.05, 4.69) is 66.1 Å². The molecule has 0 amide bonds. The van der Waals surface area contributed by atoms with Gasteiger partial charge in [0.1, 0.15) is 0 Å². The fourth-order valence-electron chi connectivity index (χ4n) is 2.84. The van der Waals surface area contributed by atoms with Crippen molar-refractivity contribution in [3.05, 3.63) is 77.5 Å². The normalized spacial score (nSPS) is 17.4. The van der Waals surface area contributed by atoms with Crippen LogP contribution in [0.2, 0.25) is 0 Å². The van der Waals surface area contributed by atoms with Crippen LogP contribution in [0.4, 0.5) is 5.69 Å². The van der Waals surface area contributed by atoms with Gasteiger partial charge in [-0.25, -0.2) is 0 Å². The van der Waals surface area contributed by atoms with E-state index < -0.39 is 0 Å². The first-order valence-corrected chi connectivity index (χ1v) is 7.38. The van der Waals surface area contributed by atoms with E-state index in [-0.39, 0.29) is 6.17 Å². The molecular formula is C19H19N3. The molecule has 0 aliphatic carbocycles. The number of rotatable bonds is 2. The van der Waals surface area contributed by atoms with Crippen molar-refractivity contribution in [2.24, 2.45) is 0 Å². The Balaban J connectivity index is 1.98. The first kappa shape index (κ1) is 14.2. The summed E-state index contributed by atoms with van der Waals surface area (Å²) in [4.78, 5) is 7.75. The quantitative estimate of drug-likeness (QED) is 0.755. The van der Waals surface area contributed by atoms with Gasteiger partial charge in [-0.1, -0.05) is 43.0 Å². The highest BCUT2D eigenvalue weighted by atomic mass is 15.4. The molecule has 110 valence electrons. The summed E-state index contributed by atoms with van der Waals surface area (Å²) in [5.41, 5.74) is 4.80. The van der Waals surface area contributed by atoms with Gasteiger partial charge >= 0.3 is 0 Å². The second-order valence-corrected chi connectivity index (χ2v) is 5.62. The molecule has 0 aromatic heterocycles. The lowest BCUT2D eigenvalue weighted by Crippen LogP contribution is -2.34. The molecule has 0 fully saturated rings. The van der Waals surface area contributed by atoms with Crippen molar-refractivity contribution in [3.63, 3.8) is 0 Å². The molecule has 1 aliphatic rings. The van der Waals surface area contributed by atoms with E-state index in [1.54, 1.807) is 0 Å². The standard InChI is InChI=1S/C19H19N3/c1-14-12-17(16-8-6-5-7-9-16)10-11-18(14)22-13-19(20-3)21(4)15(22)2/h5-13,15H,1-2,4H3/t15-/m0/s1. The van der Waals surface area contributed by atoms with Crippen molar-refractivity contribution in [1.82, 2.24) is 4.90 Å². The van der Waals surface area contributed by atoms with Crippen LogP contribution < -0.4 is 4.90 Å². The fourth-order valence-corrected chi connectivity index (χ4v) is 2.84. The third-order valence-corrected chi connectivity index (χ3v) is 4.28. The molecule has 1 heterocycles. The summed E-state index contributed by atoms with van der Waals surface area (Å²) in [6.07, 6.45) is 2.09. The fraction of sp³-hybridized carbons (Fsp3) is 0.211. The monoisotopic (exact) mass is 289 g/mol. The van der Waals surface area contributed by atoms with E-state index in [1.807, 2.05) is 24.2 Å². The summed E-state index contributed by atoms with van der Waals surface area (Å²) >= 11 is 0. The highest BCUT2D eigenvalue weighted by Gasteiger charge is 2.29. The Labute approximate surface area is 131 Å². The van der Waals surface area contributed by atoms with E-state index in [1.165, 1.54) is 16.7 Å². The molecule has 0 radical (unpaired) electrons. The summed E-state index contributed by atoms with van der Waals surface area (Å²) < 4.78 is 0. The van der Waals surface area contributed by atoms with Crippen LogP contribution in [0, 0.1) is 13.5 Å². The minimum Gasteiger partial charge on any atom is -0.363 e. The Morgan fingerprint density at radius 2 is 1.77 bits per heavy atom. The predicted octanol–water partition coefficient (Wildman–Crippen LogP) is 4.48. The molecule has 2 aromatic carbocycles. The average Bonchev–Trinajstić information content (AvgIpc) is 2.83. The molecule has 0 spiro atoms. The van der Waals surface area contributed by atoms with Crippen LogP contribution in [-0.2, 0) is 0 Å². The number of hydrogen-bond donors (Lipinski definition) is 0. The van der Waals surface area contributed by atoms with Crippen LogP contribution in [0.3, 0.4) is 0 Å². The van der Waals surface area contributed by atoms with Crippen LogP contribution in [-0.4, -0.2) is 18.1 Å². The van der Waals surface area contributed by atoms with Gasteiger partial charge in [-0.3, -0.25) is 0 Å². The largest absolute Gasteiger partial charge is 0.363 e. The number of benzene rings is 2. The maximum absolute atomic E-state index is 7.26. The highest BCUT2D eigenvalue weighted by Crippen LogP contribution is 2.32. The van der Waals surface area contributed by atoms with Gasteiger partial charge < -0.3 is 14.6 Å². The number of hydrogen-bond acceptors (Lipinski definition) is 2. The van der Waals surface area contributed by atoms with Crippen molar-refractivity contribution in [3.8, 4) is 11.1 Å². The van der Waals surface area contributed by atoms with Gasteiger partial charge in [0.15, 0.2) is 6.17 Å². The summed E-state index contributed by atoms with van der Waals surface area (Å²) in [6.45, 7) is 11.5. The van der Waals surface area contributed by atoms with Crippen LogP contribution in [0.5, 0.6) is 0 Å². The molecule has 1 aliphatic heterocycles. The number of anilines is 1. The molecule has 0 unspecified atom stereocenters. The third-order valence-electron chi connectivity index (χ3n) is 4.28. The average molecular weight is 289 g/mol. The number of nitrogens with zero attached hydrogens (tertiary/aromatic N) is 3. The van der Waals surface area contributed by atoms with Crippen molar-refractivity contribution in [2.45, 2.75) is 20.0 Å². The van der Waals surface area contributed by atoms with E-state index in [0.29, 0.717) is 5.82 Å². The molecule has 3 rings (SSSR count). The molecule has 2 aromatic rings. The van der Waals surface area contributed by atoms with Gasteiger partial charge in [0.2, 0.25) is 5.82 Å². The first-order chi connectivity index (χ1) is 10.6. The SMILES string of the molecule is [C-]#[N+]C1=CN(c2ccc(-c3ccccc3)cc2C)[C@@H](C)N1C. The van der Waals surface area contributed by atoms with E-state index in [9.17, 15) is 0 Å². The molecule has 3 heteroatoms. The van der Waals surface area contributed by atoms with Crippen molar-refractivity contribution in [1.29, 1.82) is 0 Å². The second kappa shape index (κ2) is 5.57. The maximum atomic E-state index is 7.26. The molecule has 0 N–H and O–H groups in total. The van der Waals surface area contributed by atoms with Gasteiger partial charge in [0.25, 0.3) is 0 Å². The van der Waals surface area contributed by atoms with E-state index >= 15 is 0 Å². The van der Waals surface area contributed by atoms with Gasteiger partial charge in [0.05, 0.1) is 7.05 Å². The zero-order valence-electron chi connectivity index (χ0n) is 13.1. The summed E-state index contributed by atoms with van der Waals surface area (Å²) in [7, 11) is 1.96. The van der Waals surface area contributed by atoms with E-state index in [0.717, 1.165) is 5.69 Å². The minimum absolute atomic E-state index is 0.158. The number of aryl methyl sites for hydroxylation is 1. The summed E-state index contributed by atoms with van der Waals surface area (Å²) in [6, 6.07) is 16.9. The lowest BCUT2D eigenvalue weighted by Gasteiger charge is -2.26. The molecule has 0 saturated heterocycles. The van der Waals surface area contributed by atoms with Crippen LogP contribution in [0.1, 0.15) is 12.5 Å². The molecule has 22 heavy (non-hydrogen) atoms. The van der Waals surface area contributed by atoms with Crippen LogP contribution in [0.15, 0.2) is 60.6 Å². The van der Waals surface area contributed by atoms with E-state index in [4.69, 9.17) is 6.57 Å². The van der Waals surface area contributed by atoms with Crippen molar-refractivity contribution in [2.75, 3.05) is 11.9 Å². The third kappa shape index (κ3) is 2.33. The Morgan fingerprint density at radius 3 is 2.36 bits per heavy atom. The molecular weight excluding hydrogens is 270 g/mol. The lowest BCUT2D eigenvalue weighted by molar-refractivity contribution is 0.365. The first-order valence-electron chi connectivity index (χ1n) is 7.38. The zero-order valence-corrected chi connectivity index (χ0v) is 13.1. The lowest BCUT2D eigenvalue weighted by atomic mass is 10.0. The summed E-state index contributed by atoms with van der Waals surface area (Å²) in [5.74, 6) is 0.680.